The van der Waals surface area contributed by atoms with Gasteiger partial charge in [0.1, 0.15) is 6.04 Å². The molecule has 2 atom stereocenters. The fourth-order valence-electron chi connectivity index (χ4n) is 7.45. The molecule has 6 nitrogen and oxygen atoms in total. The van der Waals surface area contributed by atoms with Gasteiger partial charge in [-0.25, -0.2) is 0 Å². The molecule has 2 aliphatic carbocycles. The van der Waals surface area contributed by atoms with Crippen LogP contribution < -0.4 is 5.32 Å². The van der Waals surface area contributed by atoms with Crippen LogP contribution in [0.3, 0.4) is 0 Å². The van der Waals surface area contributed by atoms with Crippen molar-refractivity contribution < 1.29 is 9.59 Å². The van der Waals surface area contributed by atoms with Crippen molar-refractivity contribution in [3.8, 4) is 0 Å². The number of hydrogen-bond donors (Lipinski definition) is 2. The number of aryl methyl sites for hydroxylation is 1. The monoisotopic (exact) mass is 568 g/mol. The molecule has 1 aromatic heterocycles. The summed E-state index contributed by atoms with van der Waals surface area (Å²) in [4.78, 5) is 30.7. The van der Waals surface area contributed by atoms with Gasteiger partial charge in [-0.05, 0) is 72.6 Å². The molecule has 1 aliphatic heterocycles. The zero-order chi connectivity index (χ0) is 29.7. The quantitative estimate of drug-likeness (QED) is 0.318. The van der Waals surface area contributed by atoms with Crippen LogP contribution in [0.2, 0.25) is 0 Å². The third-order valence-electron chi connectivity index (χ3n) is 10.0. The van der Waals surface area contributed by atoms with E-state index in [0.717, 1.165) is 43.6 Å². The smallest absolute Gasteiger partial charge is 0.245 e. The molecule has 6 rings (SSSR count). The third-order valence-corrected chi connectivity index (χ3v) is 10.0. The first-order valence-corrected chi connectivity index (χ1v) is 15.8. The summed E-state index contributed by atoms with van der Waals surface area (Å²) in [5.74, 6) is 0.738. The molecule has 0 unspecified atom stereocenters. The molecule has 2 amide bonds. The Hall–Kier alpha value is -3.54. The lowest BCUT2D eigenvalue weighted by Gasteiger charge is -2.42. The molecular weight excluding hydrogens is 520 g/mol. The molecule has 224 valence electrons. The van der Waals surface area contributed by atoms with E-state index in [0.29, 0.717) is 5.92 Å². The number of allylic oxidation sites excluding steroid dienone is 1. The number of nitrogens with one attached hydrogen (secondary N) is 2. The van der Waals surface area contributed by atoms with E-state index in [4.69, 9.17) is 0 Å². The highest BCUT2D eigenvalue weighted by atomic mass is 16.2. The number of fused-ring (bicyclic) bond motifs is 3. The minimum absolute atomic E-state index is 0.0343. The van der Waals surface area contributed by atoms with Crippen molar-refractivity contribution in [1.29, 1.82) is 0 Å². The van der Waals surface area contributed by atoms with Crippen LogP contribution in [0.4, 0.5) is 0 Å². The first-order chi connectivity index (χ1) is 20.3. The molecule has 0 radical (unpaired) electrons. The number of nitrogens with zero attached hydrogens (tertiary/aromatic N) is 2. The number of amides is 2. The Morgan fingerprint density at radius 1 is 1.05 bits per heavy atom. The first kappa shape index (κ1) is 29.9. The van der Waals surface area contributed by atoms with Crippen LogP contribution in [0.15, 0.2) is 67.0 Å². The van der Waals surface area contributed by atoms with E-state index in [1.54, 1.807) is 14.1 Å². The van der Waals surface area contributed by atoms with E-state index >= 15 is 0 Å². The Labute approximate surface area is 251 Å². The van der Waals surface area contributed by atoms with Gasteiger partial charge in [0.05, 0.1) is 0 Å². The number of carbonyl (C=O) groups excluding carboxylic acids is 2. The number of piperidine rings is 1. The van der Waals surface area contributed by atoms with Crippen molar-refractivity contribution >= 4 is 23.2 Å². The van der Waals surface area contributed by atoms with Crippen molar-refractivity contribution in [2.45, 2.75) is 82.1 Å². The highest BCUT2D eigenvalue weighted by Gasteiger charge is 2.43. The maximum Gasteiger partial charge on any atom is 0.245 e. The maximum absolute atomic E-state index is 14.3. The summed E-state index contributed by atoms with van der Waals surface area (Å²) in [5, 5.41) is 4.92. The lowest BCUT2D eigenvalue weighted by Crippen LogP contribution is -2.53. The summed E-state index contributed by atoms with van der Waals surface area (Å²) in [6, 6.07) is 17.1. The first-order valence-electron chi connectivity index (χ1n) is 15.8. The number of aromatic amines is 1. The predicted molar refractivity (Wildman–Crippen MR) is 171 cm³/mol. The Kier molecular flexibility index (Phi) is 9.40. The highest BCUT2D eigenvalue weighted by Crippen LogP contribution is 2.46. The largest absolute Gasteiger partial charge is 0.377 e. The molecule has 2 N–H and O–H groups in total. The number of para-hydroxylation sites is 1. The highest BCUT2D eigenvalue weighted by molar-refractivity contribution is 5.87. The zero-order valence-electron chi connectivity index (χ0n) is 25.7. The van der Waals surface area contributed by atoms with Crippen molar-refractivity contribution in [3.05, 3.63) is 83.7 Å². The number of hydrogen-bond acceptors (Lipinski definition) is 3. The molecule has 0 bridgehead atoms. The Morgan fingerprint density at radius 3 is 2.43 bits per heavy atom. The van der Waals surface area contributed by atoms with Crippen LogP contribution in [-0.4, -0.2) is 60.3 Å². The Bertz CT molecular complexity index is 1380. The maximum atomic E-state index is 14.3. The van der Waals surface area contributed by atoms with Crippen LogP contribution in [0, 0.1) is 5.92 Å². The molecule has 3 aliphatic rings. The fraction of sp³-hybridized carbons (Fsp3) is 0.500. The summed E-state index contributed by atoms with van der Waals surface area (Å²) in [6.07, 6.45) is 13.6. The van der Waals surface area contributed by atoms with Crippen LogP contribution in [0.5, 0.6) is 0 Å². The number of likely N-dealkylation sites (tertiary alicyclic amines) is 1. The number of carbonyl (C=O) groups is 2. The molecule has 2 fully saturated rings. The SMILES string of the molecule is C=C(N[C@@H](C(=O)N1CCC2(CCc3ccccc32)CC1)[C@H](C)c1c[nH]c2ccccc12)C1CCCCC1.CN(C)C=O. The number of H-pyrrole nitrogens is 1. The molecule has 42 heavy (non-hydrogen) atoms. The second kappa shape index (κ2) is 13.2. The molecular formula is C36H48N4O2. The summed E-state index contributed by atoms with van der Waals surface area (Å²) in [5.41, 5.74) is 6.69. The lowest BCUT2D eigenvalue weighted by atomic mass is 9.73. The van der Waals surface area contributed by atoms with Gasteiger partial charge in [0.2, 0.25) is 12.3 Å². The minimum Gasteiger partial charge on any atom is -0.377 e. The topological polar surface area (TPSA) is 68.4 Å². The number of aromatic nitrogens is 1. The molecule has 1 saturated carbocycles. The van der Waals surface area contributed by atoms with Gasteiger partial charge in [0.25, 0.3) is 0 Å². The average molecular weight is 569 g/mol. The van der Waals surface area contributed by atoms with Crippen molar-refractivity contribution in [1.82, 2.24) is 20.1 Å². The van der Waals surface area contributed by atoms with Gasteiger partial charge in [0, 0.05) is 55.9 Å². The van der Waals surface area contributed by atoms with E-state index < -0.39 is 0 Å². The van der Waals surface area contributed by atoms with Crippen LogP contribution in [0.1, 0.15) is 80.9 Å². The van der Waals surface area contributed by atoms with E-state index in [2.05, 4.69) is 83.4 Å². The molecule has 2 heterocycles. The van der Waals surface area contributed by atoms with E-state index in [1.807, 2.05) is 0 Å². The van der Waals surface area contributed by atoms with Crippen molar-refractivity contribution in [3.63, 3.8) is 0 Å². The van der Waals surface area contributed by atoms with Gasteiger partial charge >= 0.3 is 0 Å². The molecule has 1 saturated heterocycles. The summed E-state index contributed by atoms with van der Waals surface area (Å²) in [6.45, 7) is 8.34. The molecule has 3 aromatic rings. The second-order valence-corrected chi connectivity index (χ2v) is 12.9. The van der Waals surface area contributed by atoms with Gasteiger partial charge in [-0.1, -0.05) is 75.2 Å². The summed E-state index contributed by atoms with van der Waals surface area (Å²) in [7, 11) is 3.38. The van der Waals surface area contributed by atoms with Gasteiger partial charge in [-0.15, -0.1) is 0 Å². The van der Waals surface area contributed by atoms with Gasteiger partial charge in [0.15, 0.2) is 0 Å². The average Bonchev–Trinajstić information content (AvgIpc) is 3.62. The van der Waals surface area contributed by atoms with Crippen molar-refractivity contribution in [2.24, 2.45) is 5.92 Å². The number of rotatable bonds is 7. The van der Waals surface area contributed by atoms with E-state index in [9.17, 15) is 9.59 Å². The Balaban J connectivity index is 0.000000652. The molecule has 6 heteroatoms. The van der Waals surface area contributed by atoms with Crippen LogP contribution in [0.25, 0.3) is 10.9 Å². The van der Waals surface area contributed by atoms with Crippen molar-refractivity contribution in [2.75, 3.05) is 27.2 Å². The lowest BCUT2D eigenvalue weighted by molar-refractivity contribution is -0.135. The van der Waals surface area contributed by atoms with Gasteiger partial charge < -0.3 is 20.1 Å². The fourth-order valence-corrected chi connectivity index (χ4v) is 7.45. The van der Waals surface area contributed by atoms with Crippen LogP contribution in [-0.2, 0) is 21.4 Å². The Morgan fingerprint density at radius 2 is 1.71 bits per heavy atom. The van der Waals surface area contributed by atoms with E-state index in [1.165, 1.54) is 71.9 Å². The minimum atomic E-state index is -0.307. The second-order valence-electron chi connectivity index (χ2n) is 12.9. The predicted octanol–water partition coefficient (Wildman–Crippen LogP) is 6.53. The normalized spacial score (nSPS) is 19.4. The van der Waals surface area contributed by atoms with Gasteiger partial charge in [-0.3, -0.25) is 9.59 Å². The third kappa shape index (κ3) is 6.28. The number of benzene rings is 2. The summed E-state index contributed by atoms with van der Waals surface area (Å²) >= 11 is 0. The molecule has 2 aromatic carbocycles. The van der Waals surface area contributed by atoms with E-state index in [-0.39, 0.29) is 23.3 Å². The van der Waals surface area contributed by atoms with Crippen LogP contribution >= 0.6 is 0 Å². The van der Waals surface area contributed by atoms with Gasteiger partial charge in [-0.2, -0.15) is 0 Å². The summed E-state index contributed by atoms with van der Waals surface area (Å²) < 4.78 is 0. The standard InChI is InChI=1S/C33H41N3O.C3H7NO/c1-23(28-22-34-30-15-9-7-13-27(28)30)31(35-24(2)25-10-4-3-5-11-25)32(37)36-20-18-33(19-21-36)17-16-26-12-6-8-14-29(26)33;1-4(2)3-5/h6-9,12-15,22-23,25,31,34-35H,2-5,10-11,16-21H2,1H3;3H,1-2H3/t23-,31-;/m1./s1. The molecule has 1 spiro atoms. The zero-order valence-corrected chi connectivity index (χ0v) is 25.7.